The van der Waals surface area contributed by atoms with Crippen LogP contribution >= 0.6 is 11.8 Å². The van der Waals surface area contributed by atoms with Crippen LogP contribution in [-0.4, -0.2) is 23.0 Å². The molecule has 0 atom stereocenters. The van der Waals surface area contributed by atoms with Crippen molar-refractivity contribution in [3.8, 4) is 0 Å². The van der Waals surface area contributed by atoms with Crippen molar-refractivity contribution in [2.75, 3.05) is 5.75 Å². The van der Waals surface area contributed by atoms with Gasteiger partial charge in [-0.1, -0.05) is 18.2 Å². The summed E-state index contributed by atoms with van der Waals surface area (Å²) in [6.45, 7) is 0. The molecule has 1 N–H and O–H groups in total. The molecule has 0 radical (unpaired) electrons. The Morgan fingerprint density at radius 3 is 2.38 bits per heavy atom. The number of halogens is 3. The highest BCUT2D eigenvalue weighted by atomic mass is 32.2. The van der Waals surface area contributed by atoms with Gasteiger partial charge in [-0.05, 0) is 18.1 Å². The van der Waals surface area contributed by atoms with Gasteiger partial charge in [-0.3, -0.25) is 0 Å². The molecule has 0 unspecified atom stereocenters. The van der Waals surface area contributed by atoms with Crippen molar-refractivity contribution in [2.45, 2.75) is 17.5 Å². The van der Waals surface area contributed by atoms with E-state index in [1.807, 2.05) is 11.8 Å². The molecule has 1 aliphatic rings. The highest BCUT2D eigenvalue weighted by molar-refractivity contribution is 7.99. The van der Waals surface area contributed by atoms with E-state index in [4.69, 9.17) is 9.90 Å². The molecule has 1 heterocycles. The SMILES string of the molecule is O=C(O)C(F)(F)F.c1ccc2c(c1)CCS2. The topological polar surface area (TPSA) is 37.3 Å². The predicted molar refractivity (Wildman–Crippen MR) is 54.6 cm³/mol. The number of carbonyl (C=O) groups is 1. The van der Waals surface area contributed by atoms with Gasteiger partial charge in [-0.25, -0.2) is 4.79 Å². The third-order valence-electron chi connectivity index (χ3n) is 1.84. The van der Waals surface area contributed by atoms with Crippen molar-refractivity contribution in [1.29, 1.82) is 0 Å². The van der Waals surface area contributed by atoms with E-state index in [1.165, 1.54) is 22.6 Å². The van der Waals surface area contributed by atoms with Crippen molar-refractivity contribution in [3.63, 3.8) is 0 Å². The van der Waals surface area contributed by atoms with Crippen LogP contribution in [0.5, 0.6) is 0 Å². The summed E-state index contributed by atoms with van der Waals surface area (Å²) in [6, 6.07) is 8.64. The molecule has 16 heavy (non-hydrogen) atoms. The van der Waals surface area contributed by atoms with Gasteiger partial charge in [0.2, 0.25) is 0 Å². The van der Waals surface area contributed by atoms with Crippen molar-refractivity contribution in [1.82, 2.24) is 0 Å². The van der Waals surface area contributed by atoms with Crippen LogP contribution in [-0.2, 0) is 11.2 Å². The Bertz CT molecular complexity index is 354. The van der Waals surface area contributed by atoms with E-state index in [2.05, 4.69) is 24.3 Å². The Morgan fingerprint density at radius 1 is 1.31 bits per heavy atom. The minimum absolute atomic E-state index is 1.26. The zero-order chi connectivity index (χ0) is 12.2. The summed E-state index contributed by atoms with van der Waals surface area (Å²) in [7, 11) is 0. The summed E-state index contributed by atoms with van der Waals surface area (Å²) in [4.78, 5) is 10.4. The predicted octanol–water partition coefficient (Wildman–Crippen LogP) is 2.97. The molecule has 1 aromatic rings. The van der Waals surface area contributed by atoms with E-state index in [0.717, 1.165) is 0 Å². The summed E-state index contributed by atoms with van der Waals surface area (Å²) >= 11 is 1.97. The van der Waals surface area contributed by atoms with Crippen molar-refractivity contribution in [2.24, 2.45) is 0 Å². The van der Waals surface area contributed by atoms with E-state index in [-0.39, 0.29) is 0 Å². The molecule has 1 aliphatic heterocycles. The molecular formula is C10H9F3O2S. The first-order valence-electron chi connectivity index (χ1n) is 4.42. The highest BCUT2D eigenvalue weighted by Crippen LogP contribution is 2.30. The highest BCUT2D eigenvalue weighted by Gasteiger charge is 2.38. The van der Waals surface area contributed by atoms with E-state index < -0.39 is 12.1 Å². The minimum atomic E-state index is -5.08. The third kappa shape index (κ3) is 3.77. The maximum Gasteiger partial charge on any atom is 0.490 e. The summed E-state index contributed by atoms with van der Waals surface area (Å²) < 4.78 is 31.7. The van der Waals surface area contributed by atoms with Gasteiger partial charge >= 0.3 is 12.1 Å². The zero-order valence-corrected chi connectivity index (χ0v) is 8.94. The summed E-state index contributed by atoms with van der Waals surface area (Å²) in [5, 5.41) is 7.12. The maximum absolute atomic E-state index is 10.6. The third-order valence-corrected chi connectivity index (χ3v) is 2.96. The number of fused-ring (bicyclic) bond motifs is 1. The molecule has 0 amide bonds. The van der Waals surface area contributed by atoms with Gasteiger partial charge in [0.15, 0.2) is 0 Å². The normalized spacial score (nSPS) is 13.7. The van der Waals surface area contributed by atoms with Crippen molar-refractivity contribution in [3.05, 3.63) is 29.8 Å². The summed E-state index contributed by atoms with van der Waals surface area (Å²) in [5.41, 5.74) is 1.53. The van der Waals surface area contributed by atoms with Crippen molar-refractivity contribution >= 4 is 17.7 Å². The van der Waals surface area contributed by atoms with Gasteiger partial charge in [0.1, 0.15) is 0 Å². The quantitative estimate of drug-likeness (QED) is 0.769. The van der Waals surface area contributed by atoms with E-state index in [1.54, 1.807) is 0 Å². The molecule has 0 saturated heterocycles. The van der Waals surface area contributed by atoms with Crippen LogP contribution < -0.4 is 0 Å². The molecule has 2 nitrogen and oxygen atoms in total. The molecule has 0 fully saturated rings. The van der Waals surface area contributed by atoms with Crippen LogP contribution in [0.1, 0.15) is 5.56 Å². The van der Waals surface area contributed by atoms with E-state index >= 15 is 0 Å². The van der Waals surface area contributed by atoms with Gasteiger partial charge < -0.3 is 5.11 Å². The molecule has 0 aromatic heterocycles. The molecule has 6 heteroatoms. The fourth-order valence-corrected chi connectivity index (χ4v) is 2.19. The monoisotopic (exact) mass is 250 g/mol. The first-order valence-corrected chi connectivity index (χ1v) is 5.40. The Labute approximate surface area is 94.5 Å². The lowest BCUT2D eigenvalue weighted by Gasteiger charge is -1.93. The Hall–Kier alpha value is -1.17. The van der Waals surface area contributed by atoms with Gasteiger partial charge in [-0.15, -0.1) is 11.8 Å². The Kier molecular flexibility index (Phi) is 4.23. The fourth-order valence-electron chi connectivity index (χ4n) is 1.12. The standard InChI is InChI=1S/C8H8S.C2HF3O2/c1-2-4-8-7(3-1)5-6-9-8;3-2(4,5)1(6)7/h1-4H,5-6H2;(H,6,7). The molecule has 0 spiro atoms. The number of thioether (sulfide) groups is 1. The number of aliphatic carboxylic acids is 1. The number of rotatable bonds is 0. The number of carboxylic acid groups (broad SMARTS) is 1. The van der Waals surface area contributed by atoms with Gasteiger partial charge in [-0.2, -0.15) is 13.2 Å². The maximum atomic E-state index is 10.6. The number of benzene rings is 1. The van der Waals surface area contributed by atoms with E-state index in [0.29, 0.717) is 0 Å². The molecule has 1 aromatic carbocycles. The average molecular weight is 250 g/mol. The molecule has 88 valence electrons. The number of alkyl halides is 3. The average Bonchev–Trinajstić information content (AvgIpc) is 2.64. The van der Waals surface area contributed by atoms with Crippen LogP contribution in [0.4, 0.5) is 13.2 Å². The van der Waals surface area contributed by atoms with Gasteiger partial charge in [0, 0.05) is 10.6 Å². The Morgan fingerprint density at radius 2 is 1.88 bits per heavy atom. The van der Waals surface area contributed by atoms with Crippen molar-refractivity contribution < 1.29 is 23.1 Å². The van der Waals surface area contributed by atoms with Crippen LogP contribution in [0.3, 0.4) is 0 Å². The second-order valence-corrected chi connectivity index (χ2v) is 4.15. The first-order chi connectivity index (χ1) is 7.41. The van der Waals surface area contributed by atoms with Gasteiger partial charge in [0.25, 0.3) is 0 Å². The van der Waals surface area contributed by atoms with Crippen LogP contribution in [0.2, 0.25) is 0 Å². The largest absolute Gasteiger partial charge is 0.490 e. The first kappa shape index (κ1) is 12.9. The lowest BCUT2D eigenvalue weighted by atomic mass is 10.2. The zero-order valence-electron chi connectivity index (χ0n) is 8.12. The van der Waals surface area contributed by atoms with Crippen LogP contribution in [0.25, 0.3) is 0 Å². The number of hydrogen-bond donors (Lipinski definition) is 1. The second kappa shape index (κ2) is 5.25. The number of hydrogen-bond acceptors (Lipinski definition) is 2. The Balaban J connectivity index is 0.000000168. The van der Waals surface area contributed by atoms with E-state index in [9.17, 15) is 13.2 Å². The second-order valence-electron chi connectivity index (χ2n) is 3.01. The minimum Gasteiger partial charge on any atom is -0.475 e. The van der Waals surface area contributed by atoms with Gasteiger partial charge in [0.05, 0.1) is 0 Å². The molecule has 0 saturated carbocycles. The summed E-state index contributed by atoms with van der Waals surface area (Å²) in [6.07, 6.45) is -3.82. The molecular weight excluding hydrogens is 241 g/mol. The summed E-state index contributed by atoms with van der Waals surface area (Å²) in [5.74, 6) is -1.48. The lowest BCUT2D eigenvalue weighted by Crippen LogP contribution is -2.21. The molecule has 0 aliphatic carbocycles. The lowest BCUT2D eigenvalue weighted by molar-refractivity contribution is -0.192. The fraction of sp³-hybridized carbons (Fsp3) is 0.300. The van der Waals surface area contributed by atoms with Crippen LogP contribution in [0, 0.1) is 0 Å². The van der Waals surface area contributed by atoms with Crippen LogP contribution in [0.15, 0.2) is 29.2 Å². The molecule has 2 rings (SSSR count). The molecule has 0 bridgehead atoms. The smallest absolute Gasteiger partial charge is 0.475 e. The number of carboxylic acids is 1. The number of aryl methyl sites for hydroxylation is 1.